The fourth-order valence-corrected chi connectivity index (χ4v) is 5.01. The van der Waals surface area contributed by atoms with Gasteiger partial charge in [0.15, 0.2) is 21.4 Å². The van der Waals surface area contributed by atoms with E-state index in [9.17, 15) is 12.8 Å². The number of nitrogens with two attached hydrogens (primary N) is 1. The van der Waals surface area contributed by atoms with Gasteiger partial charge in [-0.3, -0.25) is 0 Å². The number of nitrogen functional groups attached to an aromatic ring is 1. The summed E-state index contributed by atoms with van der Waals surface area (Å²) in [5.41, 5.74) is 6.55. The van der Waals surface area contributed by atoms with Crippen molar-refractivity contribution in [3.63, 3.8) is 0 Å². The van der Waals surface area contributed by atoms with Crippen molar-refractivity contribution in [2.75, 3.05) is 42.0 Å². The first kappa shape index (κ1) is 15.2. The molecule has 5 nitrogen and oxygen atoms in total. The van der Waals surface area contributed by atoms with Gasteiger partial charge in [-0.2, -0.15) is 11.8 Å². The number of rotatable bonds is 3. The van der Waals surface area contributed by atoms with E-state index in [-0.39, 0.29) is 11.4 Å². The smallest absolute Gasteiger partial charge is 0.169 e. The van der Waals surface area contributed by atoms with Crippen LogP contribution in [-0.2, 0) is 9.84 Å². The highest BCUT2D eigenvalue weighted by molar-refractivity contribution is 8.01. The molecule has 2 N–H and O–H groups in total. The topological polar surface area (TPSA) is 72.6 Å². The molecule has 1 aromatic carbocycles. The van der Waals surface area contributed by atoms with Gasteiger partial charge in [-0.05, 0) is 0 Å². The van der Waals surface area contributed by atoms with Crippen molar-refractivity contribution in [3.8, 4) is 5.75 Å². The summed E-state index contributed by atoms with van der Waals surface area (Å²) in [6.07, 6.45) is 1.20. The maximum atomic E-state index is 13.6. The third-order valence-corrected chi connectivity index (χ3v) is 5.83. The van der Waals surface area contributed by atoms with E-state index in [0.717, 1.165) is 11.8 Å². The molecule has 0 aliphatic carbocycles. The van der Waals surface area contributed by atoms with Gasteiger partial charge in [-0.25, -0.2) is 12.8 Å². The monoisotopic (exact) mass is 320 g/mol. The van der Waals surface area contributed by atoms with Crippen molar-refractivity contribution in [2.45, 2.75) is 5.37 Å². The number of halogens is 1. The van der Waals surface area contributed by atoms with E-state index < -0.39 is 21.0 Å². The standard InChI is InChI=1S/C12H17FN2O3S2/c1-18-11-6-10(9(14)5-8(11)13)15-3-4-19-7-12(15)20(2,16)17/h5-6,12H,3-4,7,14H2,1-2H3. The molecule has 8 heteroatoms. The van der Waals surface area contributed by atoms with Crippen molar-refractivity contribution in [2.24, 2.45) is 0 Å². The highest BCUT2D eigenvalue weighted by Gasteiger charge is 2.32. The Hall–Kier alpha value is -1.15. The summed E-state index contributed by atoms with van der Waals surface area (Å²) in [6, 6.07) is 2.62. The molecule has 0 amide bonds. The summed E-state index contributed by atoms with van der Waals surface area (Å²) in [6.45, 7) is 0.543. The summed E-state index contributed by atoms with van der Waals surface area (Å²) < 4.78 is 42.3. The molecule has 1 aliphatic heterocycles. The second-order valence-corrected chi connectivity index (χ2v) is 7.95. The zero-order valence-corrected chi connectivity index (χ0v) is 12.9. The minimum absolute atomic E-state index is 0.0553. The molecule has 2 rings (SSSR count). The van der Waals surface area contributed by atoms with Crippen LogP contribution < -0.4 is 15.4 Å². The number of benzene rings is 1. The molecule has 0 saturated carbocycles. The van der Waals surface area contributed by atoms with Crippen LogP contribution in [0.5, 0.6) is 5.75 Å². The molecule has 0 aromatic heterocycles. The SMILES string of the molecule is COc1cc(N2CCSCC2S(C)(=O)=O)c(N)cc1F. The van der Waals surface area contributed by atoms with Crippen molar-refractivity contribution < 1.29 is 17.5 Å². The Morgan fingerprint density at radius 2 is 2.20 bits per heavy atom. The van der Waals surface area contributed by atoms with Gasteiger partial charge in [0.25, 0.3) is 0 Å². The third kappa shape index (κ3) is 2.95. The van der Waals surface area contributed by atoms with Crippen LogP contribution in [0.3, 0.4) is 0 Å². The van der Waals surface area contributed by atoms with Gasteiger partial charge in [-0.15, -0.1) is 0 Å². The summed E-state index contributed by atoms with van der Waals surface area (Å²) in [7, 11) is -1.90. The molecule has 1 aromatic rings. The number of sulfone groups is 1. The Bertz CT molecular complexity index is 607. The Balaban J connectivity index is 2.47. The first-order chi connectivity index (χ1) is 9.34. The fraction of sp³-hybridized carbons (Fsp3) is 0.500. The van der Waals surface area contributed by atoms with Crippen molar-refractivity contribution in [1.82, 2.24) is 0 Å². The summed E-state index contributed by atoms with van der Waals surface area (Å²) in [5.74, 6) is 0.763. The lowest BCUT2D eigenvalue weighted by molar-refractivity contribution is 0.386. The van der Waals surface area contributed by atoms with Crippen molar-refractivity contribution in [1.29, 1.82) is 0 Å². The van der Waals surface area contributed by atoms with E-state index >= 15 is 0 Å². The molecule has 0 radical (unpaired) electrons. The molecule has 20 heavy (non-hydrogen) atoms. The molecule has 1 saturated heterocycles. The second kappa shape index (κ2) is 5.69. The highest BCUT2D eigenvalue weighted by Crippen LogP contribution is 2.35. The maximum Gasteiger partial charge on any atom is 0.169 e. The van der Waals surface area contributed by atoms with Gasteiger partial charge in [0.05, 0.1) is 18.5 Å². The summed E-state index contributed by atoms with van der Waals surface area (Å²) in [5, 5.41) is -0.654. The Morgan fingerprint density at radius 1 is 1.50 bits per heavy atom. The highest BCUT2D eigenvalue weighted by atomic mass is 32.2. The predicted octanol–water partition coefficient (Wildman–Crippen LogP) is 1.34. The van der Waals surface area contributed by atoms with Crippen LogP contribution in [-0.4, -0.2) is 45.2 Å². The van der Waals surface area contributed by atoms with Gasteiger partial charge in [0.2, 0.25) is 0 Å². The van der Waals surface area contributed by atoms with Crippen LogP contribution in [0.2, 0.25) is 0 Å². The number of hydrogen-bond acceptors (Lipinski definition) is 6. The third-order valence-electron chi connectivity index (χ3n) is 3.19. The van der Waals surface area contributed by atoms with E-state index in [1.807, 2.05) is 0 Å². The number of hydrogen-bond donors (Lipinski definition) is 1. The van der Waals surface area contributed by atoms with E-state index in [2.05, 4.69) is 0 Å². The van der Waals surface area contributed by atoms with Gasteiger partial charge in [-0.1, -0.05) is 0 Å². The van der Waals surface area contributed by atoms with Crippen molar-refractivity contribution in [3.05, 3.63) is 17.9 Å². The quantitative estimate of drug-likeness (QED) is 0.847. The average Bonchev–Trinajstić information content (AvgIpc) is 2.38. The lowest BCUT2D eigenvalue weighted by Crippen LogP contribution is -2.47. The van der Waals surface area contributed by atoms with E-state index in [0.29, 0.717) is 18.0 Å². The van der Waals surface area contributed by atoms with Crippen LogP contribution in [0, 0.1) is 5.82 Å². The molecule has 0 bridgehead atoms. The molecule has 112 valence electrons. The fourth-order valence-electron chi connectivity index (χ4n) is 2.17. The Labute approximate surface area is 122 Å². The lowest BCUT2D eigenvalue weighted by Gasteiger charge is -2.36. The predicted molar refractivity (Wildman–Crippen MR) is 80.7 cm³/mol. The summed E-state index contributed by atoms with van der Waals surface area (Å²) in [4.78, 5) is 1.71. The van der Waals surface area contributed by atoms with Gasteiger partial charge in [0.1, 0.15) is 5.37 Å². The van der Waals surface area contributed by atoms with Crippen molar-refractivity contribution >= 4 is 33.0 Å². The van der Waals surface area contributed by atoms with Crippen LogP contribution in [0.4, 0.5) is 15.8 Å². The number of nitrogens with zero attached hydrogens (tertiary/aromatic N) is 1. The first-order valence-corrected chi connectivity index (χ1v) is 9.11. The minimum atomic E-state index is -3.25. The Morgan fingerprint density at radius 3 is 2.80 bits per heavy atom. The molecule has 1 unspecified atom stereocenters. The first-order valence-electron chi connectivity index (χ1n) is 6.01. The van der Waals surface area contributed by atoms with E-state index in [1.165, 1.54) is 19.4 Å². The molecular weight excluding hydrogens is 303 g/mol. The zero-order valence-electron chi connectivity index (χ0n) is 11.3. The molecule has 1 atom stereocenters. The lowest BCUT2D eigenvalue weighted by atomic mass is 10.2. The largest absolute Gasteiger partial charge is 0.494 e. The molecule has 1 aliphatic rings. The van der Waals surface area contributed by atoms with Crippen LogP contribution in [0.1, 0.15) is 0 Å². The second-order valence-electron chi connectivity index (χ2n) is 4.60. The number of methoxy groups -OCH3 is 1. The average molecular weight is 320 g/mol. The molecule has 1 heterocycles. The normalized spacial score (nSPS) is 19.9. The Kier molecular flexibility index (Phi) is 4.33. The minimum Gasteiger partial charge on any atom is -0.494 e. The molecular formula is C12H17FN2O3S2. The molecule has 1 fully saturated rings. The number of anilines is 2. The maximum absolute atomic E-state index is 13.6. The molecule has 0 spiro atoms. The van der Waals surface area contributed by atoms with E-state index in [1.54, 1.807) is 16.7 Å². The number of ether oxygens (including phenoxy) is 1. The summed E-state index contributed by atoms with van der Waals surface area (Å²) >= 11 is 1.58. The van der Waals surface area contributed by atoms with Gasteiger partial charge < -0.3 is 15.4 Å². The van der Waals surface area contributed by atoms with E-state index in [4.69, 9.17) is 10.5 Å². The van der Waals surface area contributed by atoms with Gasteiger partial charge in [0, 0.05) is 36.4 Å². The zero-order chi connectivity index (χ0) is 14.9. The number of thioether (sulfide) groups is 1. The van der Waals surface area contributed by atoms with Gasteiger partial charge >= 0.3 is 0 Å². The van der Waals surface area contributed by atoms with Crippen LogP contribution in [0.15, 0.2) is 12.1 Å². The van der Waals surface area contributed by atoms with Crippen LogP contribution >= 0.6 is 11.8 Å². The van der Waals surface area contributed by atoms with Crippen LogP contribution in [0.25, 0.3) is 0 Å².